The molecule has 0 N–H and O–H groups in total. The fourth-order valence-corrected chi connectivity index (χ4v) is 0.946. The van der Waals surface area contributed by atoms with Crippen molar-refractivity contribution in [2.45, 2.75) is 45.7 Å². The van der Waals surface area contributed by atoms with E-state index in [2.05, 4.69) is 0 Å². The van der Waals surface area contributed by atoms with Crippen molar-refractivity contribution in [2.24, 2.45) is 5.92 Å². The molecule has 0 rings (SSSR count). The van der Waals surface area contributed by atoms with Gasteiger partial charge < -0.3 is 0 Å². The maximum Gasteiger partial charge on any atom is 0.278 e. The van der Waals surface area contributed by atoms with E-state index < -0.39 is 11.6 Å². The van der Waals surface area contributed by atoms with Gasteiger partial charge in [-0.2, -0.15) is 0 Å². The van der Waals surface area contributed by atoms with E-state index in [9.17, 15) is 13.2 Å². The van der Waals surface area contributed by atoms with E-state index in [0.29, 0.717) is 6.92 Å². The first-order valence-corrected chi connectivity index (χ1v) is 3.73. The smallest absolute Gasteiger partial charge is 0.238 e. The number of hydrogen-bond acceptors (Lipinski definition) is 0. The summed E-state index contributed by atoms with van der Waals surface area (Å²) in [5.41, 5.74) is -2.37. The van der Waals surface area contributed by atoms with Crippen molar-refractivity contribution in [3.05, 3.63) is 0 Å². The molecule has 0 aromatic carbocycles. The van der Waals surface area contributed by atoms with Gasteiger partial charge in [-0.05, 0) is 19.3 Å². The Morgan fingerprint density at radius 1 is 1.09 bits per heavy atom. The van der Waals surface area contributed by atoms with Crippen molar-refractivity contribution in [3.63, 3.8) is 0 Å². The van der Waals surface area contributed by atoms with Crippen molar-refractivity contribution in [2.75, 3.05) is 0 Å². The van der Waals surface area contributed by atoms with E-state index in [0.717, 1.165) is 6.92 Å². The zero-order valence-corrected chi connectivity index (χ0v) is 7.42. The molecule has 68 valence electrons. The van der Waals surface area contributed by atoms with E-state index in [1.807, 2.05) is 0 Å². The molecule has 0 saturated heterocycles. The van der Waals surface area contributed by atoms with Crippen LogP contribution in [0.15, 0.2) is 0 Å². The van der Waals surface area contributed by atoms with Gasteiger partial charge in [0.2, 0.25) is 0 Å². The third-order valence-electron chi connectivity index (χ3n) is 1.71. The standard InChI is InChI=1S/C8H15F3/c1-6(2)5-7(3,9)8(4,10)11/h6H,5H2,1-4H3. The molecule has 0 fully saturated rings. The highest BCUT2D eigenvalue weighted by atomic mass is 19.3. The van der Waals surface area contributed by atoms with Gasteiger partial charge in [-0.15, -0.1) is 0 Å². The van der Waals surface area contributed by atoms with Gasteiger partial charge in [0, 0.05) is 6.92 Å². The van der Waals surface area contributed by atoms with Crippen LogP contribution in [0.5, 0.6) is 0 Å². The van der Waals surface area contributed by atoms with Crippen molar-refractivity contribution in [1.29, 1.82) is 0 Å². The van der Waals surface area contributed by atoms with E-state index in [1.165, 1.54) is 0 Å². The summed E-state index contributed by atoms with van der Waals surface area (Å²) >= 11 is 0. The van der Waals surface area contributed by atoms with Crippen molar-refractivity contribution in [3.8, 4) is 0 Å². The van der Waals surface area contributed by atoms with Gasteiger partial charge in [-0.25, -0.2) is 13.2 Å². The van der Waals surface area contributed by atoms with Crippen molar-refractivity contribution in [1.82, 2.24) is 0 Å². The third-order valence-corrected chi connectivity index (χ3v) is 1.71. The molecule has 3 heteroatoms. The predicted octanol–water partition coefficient (Wildman–Crippen LogP) is 3.42. The van der Waals surface area contributed by atoms with E-state index in [-0.39, 0.29) is 12.3 Å². The second-order valence-electron chi connectivity index (χ2n) is 3.68. The highest BCUT2D eigenvalue weighted by molar-refractivity contribution is 4.86. The van der Waals surface area contributed by atoms with Crippen LogP contribution < -0.4 is 0 Å². The fourth-order valence-electron chi connectivity index (χ4n) is 0.946. The van der Waals surface area contributed by atoms with Crippen LogP contribution in [-0.4, -0.2) is 11.6 Å². The lowest BCUT2D eigenvalue weighted by atomic mass is 9.91. The van der Waals surface area contributed by atoms with Gasteiger partial charge >= 0.3 is 0 Å². The molecular formula is C8H15F3. The van der Waals surface area contributed by atoms with Crippen LogP contribution in [0.4, 0.5) is 13.2 Å². The summed E-state index contributed by atoms with van der Waals surface area (Å²) in [4.78, 5) is 0. The predicted molar refractivity (Wildman–Crippen MR) is 39.6 cm³/mol. The van der Waals surface area contributed by atoms with E-state index in [4.69, 9.17) is 0 Å². The first-order chi connectivity index (χ1) is 4.67. The monoisotopic (exact) mass is 168 g/mol. The summed E-state index contributed by atoms with van der Waals surface area (Å²) in [7, 11) is 0. The van der Waals surface area contributed by atoms with Gasteiger partial charge in [0.05, 0.1) is 0 Å². The maximum atomic E-state index is 13.1. The topological polar surface area (TPSA) is 0 Å². The minimum absolute atomic E-state index is 0.0455. The van der Waals surface area contributed by atoms with Crippen LogP contribution in [0, 0.1) is 5.92 Å². The molecule has 0 aliphatic carbocycles. The lowest BCUT2D eigenvalue weighted by Gasteiger charge is -2.28. The Kier molecular flexibility index (Phi) is 2.98. The number of rotatable bonds is 3. The highest BCUT2D eigenvalue weighted by Crippen LogP contribution is 2.36. The molecule has 0 saturated carbocycles. The Bertz CT molecular complexity index is 122. The van der Waals surface area contributed by atoms with Crippen LogP contribution in [-0.2, 0) is 0 Å². The summed E-state index contributed by atoms with van der Waals surface area (Å²) in [6.07, 6.45) is -0.101. The molecule has 1 unspecified atom stereocenters. The van der Waals surface area contributed by atoms with Gasteiger partial charge in [0.15, 0.2) is 5.67 Å². The van der Waals surface area contributed by atoms with Gasteiger partial charge in [0.1, 0.15) is 0 Å². The Labute approximate surface area is 65.8 Å². The minimum Gasteiger partial charge on any atom is -0.238 e. The van der Waals surface area contributed by atoms with Crippen molar-refractivity contribution < 1.29 is 13.2 Å². The van der Waals surface area contributed by atoms with Crippen LogP contribution in [0.2, 0.25) is 0 Å². The second-order valence-corrected chi connectivity index (χ2v) is 3.68. The third kappa shape index (κ3) is 3.12. The zero-order valence-electron chi connectivity index (χ0n) is 7.42. The van der Waals surface area contributed by atoms with Crippen LogP contribution in [0.3, 0.4) is 0 Å². The summed E-state index contributed by atoms with van der Waals surface area (Å²) in [6.45, 7) is 5.02. The fraction of sp³-hybridized carbons (Fsp3) is 1.00. The maximum absolute atomic E-state index is 13.1. The lowest BCUT2D eigenvalue weighted by Crippen LogP contribution is -2.39. The zero-order chi connectivity index (χ0) is 9.28. The molecule has 0 spiro atoms. The molecule has 0 amide bonds. The summed E-state index contributed by atoms with van der Waals surface area (Å²) < 4.78 is 38.1. The highest BCUT2D eigenvalue weighted by Gasteiger charge is 2.46. The molecule has 11 heavy (non-hydrogen) atoms. The van der Waals surface area contributed by atoms with Crippen LogP contribution in [0.1, 0.15) is 34.1 Å². The average molecular weight is 168 g/mol. The Morgan fingerprint density at radius 3 is 1.55 bits per heavy atom. The number of hydrogen-bond donors (Lipinski definition) is 0. The van der Waals surface area contributed by atoms with Crippen LogP contribution >= 0.6 is 0 Å². The van der Waals surface area contributed by atoms with E-state index in [1.54, 1.807) is 13.8 Å². The SMILES string of the molecule is CC(C)CC(C)(F)C(C)(F)F. The van der Waals surface area contributed by atoms with Gasteiger partial charge in [-0.1, -0.05) is 13.8 Å². The Hall–Kier alpha value is -0.210. The summed E-state index contributed by atoms with van der Waals surface area (Å²) in [5, 5.41) is 0. The Morgan fingerprint density at radius 2 is 1.45 bits per heavy atom. The first-order valence-electron chi connectivity index (χ1n) is 3.73. The van der Waals surface area contributed by atoms with Crippen LogP contribution in [0.25, 0.3) is 0 Å². The molecule has 0 aliphatic rings. The molecule has 0 bridgehead atoms. The summed E-state index contributed by atoms with van der Waals surface area (Å²) in [6, 6.07) is 0. The average Bonchev–Trinajstić information content (AvgIpc) is 1.56. The lowest BCUT2D eigenvalue weighted by molar-refractivity contribution is -0.122. The number of alkyl halides is 3. The molecule has 0 aromatic heterocycles. The Balaban J connectivity index is 4.22. The van der Waals surface area contributed by atoms with Gasteiger partial charge in [-0.3, -0.25) is 0 Å². The molecule has 0 aliphatic heterocycles. The first kappa shape index (κ1) is 10.8. The minimum atomic E-state index is -3.24. The van der Waals surface area contributed by atoms with Gasteiger partial charge in [0.25, 0.3) is 5.92 Å². The largest absolute Gasteiger partial charge is 0.278 e. The molecule has 0 nitrogen and oxygen atoms in total. The molecule has 0 aromatic rings. The van der Waals surface area contributed by atoms with Crippen molar-refractivity contribution >= 4 is 0 Å². The molecular weight excluding hydrogens is 153 g/mol. The second kappa shape index (κ2) is 3.03. The summed E-state index contributed by atoms with van der Waals surface area (Å²) in [5.74, 6) is -3.28. The molecule has 1 atom stereocenters. The molecule has 0 heterocycles. The quantitative estimate of drug-likeness (QED) is 0.605. The number of halogens is 3. The normalized spacial score (nSPS) is 18.5. The molecule has 0 radical (unpaired) electrons. The van der Waals surface area contributed by atoms with E-state index >= 15 is 0 Å².